The number of nitrogens with zero attached hydrogens (tertiary/aromatic N) is 2. The maximum absolute atomic E-state index is 12.4. The Morgan fingerprint density at radius 3 is 3.10 bits per heavy atom. The van der Waals surface area contributed by atoms with Gasteiger partial charge in [0.2, 0.25) is 5.91 Å². The van der Waals surface area contributed by atoms with E-state index >= 15 is 0 Å². The predicted molar refractivity (Wildman–Crippen MR) is 81.7 cm³/mol. The van der Waals surface area contributed by atoms with Gasteiger partial charge in [-0.25, -0.2) is 4.98 Å². The highest BCUT2D eigenvalue weighted by atomic mass is 32.1. The van der Waals surface area contributed by atoms with Gasteiger partial charge in [0, 0.05) is 13.6 Å². The second-order valence-corrected chi connectivity index (χ2v) is 6.43. The van der Waals surface area contributed by atoms with E-state index < -0.39 is 0 Å². The zero-order valence-electron chi connectivity index (χ0n) is 11.6. The lowest BCUT2D eigenvalue weighted by Gasteiger charge is -2.26. The van der Waals surface area contributed by atoms with Gasteiger partial charge in [0.05, 0.1) is 22.7 Å². The molecule has 1 aromatic heterocycles. The number of benzene rings is 1. The van der Waals surface area contributed by atoms with Crippen LogP contribution in [0, 0.1) is 5.92 Å². The Morgan fingerprint density at radius 2 is 2.35 bits per heavy atom. The Morgan fingerprint density at radius 1 is 1.50 bits per heavy atom. The summed E-state index contributed by atoms with van der Waals surface area (Å²) < 4.78 is 1.18. The number of para-hydroxylation sites is 1. The molecule has 1 fully saturated rings. The largest absolute Gasteiger partial charge is 0.339 e. The zero-order chi connectivity index (χ0) is 13.9. The van der Waals surface area contributed by atoms with E-state index in [1.54, 1.807) is 11.3 Å². The smallest absolute Gasteiger partial charge is 0.227 e. The highest BCUT2D eigenvalue weighted by Crippen LogP contribution is 2.23. The van der Waals surface area contributed by atoms with Crippen molar-refractivity contribution in [2.45, 2.75) is 19.4 Å². The van der Waals surface area contributed by atoms with Crippen molar-refractivity contribution in [3.8, 4) is 0 Å². The molecule has 0 radical (unpaired) electrons. The van der Waals surface area contributed by atoms with Crippen LogP contribution in [0.25, 0.3) is 10.2 Å². The van der Waals surface area contributed by atoms with Gasteiger partial charge in [-0.05, 0) is 31.5 Å². The van der Waals surface area contributed by atoms with E-state index in [1.165, 1.54) is 4.70 Å². The molecule has 0 bridgehead atoms. The van der Waals surface area contributed by atoms with Crippen LogP contribution < -0.4 is 5.32 Å². The molecule has 0 saturated carbocycles. The summed E-state index contributed by atoms with van der Waals surface area (Å²) in [5, 5.41) is 4.30. The first-order valence-corrected chi connectivity index (χ1v) is 7.86. The van der Waals surface area contributed by atoms with Gasteiger partial charge < -0.3 is 10.2 Å². The molecule has 3 rings (SSSR count). The number of fused-ring (bicyclic) bond motifs is 1. The van der Waals surface area contributed by atoms with Crippen molar-refractivity contribution in [3.05, 3.63) is 29.3 Å². The third kappa shape index (κ3) is 2.83. The predicted octanol–water partition coefficient (Wildman–Crippen LogP) is 2.25. The summed E-state index contributed by atoms with van der Waals surface area (Å²) in [4.78, 5) is 18.8. The van der Waals surface area contributed by atoms with Crippen molar-refractivity contribution in [1.82, 2.24) is 15.2 Å². The summed E-state index contributed by atoms with van der Waals surface area (Å²) in [6.07, 6.45) is 2.08. The summed E-state index contributed by atoms with van der Waals surface area (Å²) >= 11 is 1.67. The monoisotopic (exact) mass is 289 g/mol. The van der Waals surface area contributed by atoms with Gasteiger partial charge in [-0.3, -0.25) is 4.79 Å². The number of carbonyl (C=O) groups is 1. The lowest BCUT2D eigenvalue weighted by atomic mass is 9.98. The number of carbonyl (C=O) groups excluding carboxylic acids is 1. The fourth-order valence-corrected chi connectivity index (χ4v) is 3.66. The number of nitrogens with one attached hydrogen (secondary N) is 1. The molecule has 4 nitrogen and oxygen atoms in total. The molecule has 5 heteroatoms. The van der Waals surface area contributed by atoms with E-state index in [-0.39, 0.29) is 11.8 Å². The molecule has 0 spiro atoms. The average Bonchev–Trinajstić information content (AvgIpc) is 2.89. The standard InChI is InChI=1S/C15H19N3OS/c1-18(15(19)11-5-4-8-16-9-11)10-14-17-12-6-2-3-7-13(12)20-14/h2-3,6-7,11,16H,4-5,8-10H2,1H3/t11-/m0/s1. The SMILES string of the molecule is CN(Cc1nc2ccccc2s1)C(=O)[C@H]1CCCNC1. The van der Waals surface area contributed by atoms with Crippen molar-refractivity contribution in [1.29, 1.82) is 0 Å². The molecule has 1 atom stereocenters. The van der Waals surface area contributed by atoms with Crippen molar-refractivity contribution in [2.24, 2.45) is 5.92 Å². The quantitative estimate of drug-likeness (QED) is 0.942. The molecular formula is C15H19N3OS. The molecule has 20 heavy (non-hydrogen) atoms. The van der Waals surface area contributed by atoms with E-state index in [2.05, 4.69) is 16.4 Å². The highest BCUT2D eigenvalue weighted by Gasteiger charge is 2.24. The summed E-state index contributed by atoms with van der Waals surface area (Å²) in [6, 6.07) is 8.10. The minimum Gasteiger partial charge on any atom is -0.339 e. The first kappa shape index (κ1) is 13.5. The molecule has 1 aliphatic heterocycles. The number of piperidine rings is 1. The van der Waals surface area contributed by atoms with Crippen LogP contribution in [0.3, 0.4) is 0 Å². The number of hydrogen-bond donors (Lipinski definition) is 1. The summed E-state index contributed by atoms with van der Waals surface area (Å²) in [5.41, 5.74) is 1.02. The van der Waals surface area contributed by atoms with Crippen LogP contribution >= 0.6 is 11.3 Å². The van der Waals surface area contributed by atoms with Crippen LogP contribution in [0.2, 0.25) is 0 Å². The van der Waals surface area contributed by atoms with Crippen LogP contribution in [-0.2, 0) is 11.3 Å². The van der Waals surface area contributed by atoms with Gasteiger partial charge >= 0.3 is 0 Å². The number of amides is 1. The third-order valence-electron chi connectivity index (χ3n) is 3.73. The van der Waals surface area contributed by atoms with Gasteiger partial charge in [0.25, 0.3) is 0 Å². The molecule has 1 aliphatic rings. The maximum atomic E-state index is 12.4. The maximum Gasteiger partial charge on any atom is 0.227 e. The minimum atomic E-state index is 0.128. The Bertz CT molecular complexity index is 571. The van der Waals surface area contributed by atoms with Gasteiger partial charge in [-0.1, -0.05) is 12.1 Å². The number of rotatable bonds is 3. The Labute approximate surface area is 122 Å². The Balaban J connectivity index is 1.68. The van der Waals surface area contributed by atoms with Crippen LogP contribution in [0.15, 0.2) is 24.3 Å². The lowest BCUT2D eigenvalue weighted by Crippen LogP contribution is -2.41. The molecular weight excluding hydrogens is 270 g/mol. The molecule has 0 aliphatic carbocycles. The van der Waals surface area contributed by atoms with Gasteiger partial charge in [-0.15, -0.1) is 11.3 Å². The van der Waals surface area contributed by atoms with Gasteiger partial charge in [0.15, 0.2) is 0 Å². The van der Waals surface area contributed by atoms with Crippen LogP contribution in [0.1, 0.15) is 17.8 Å². The van der Waals surface area contributed by atoms with Crippen molar-refractivity contribution in [3.63, 3.8) is 0 Å². The molecule has 2 heterocycles. The van der Waals surface area contributed by atoms with E-state index in [0.29, 0.717) is 6.54 Å². The molecule has 0 unspecified atom stereocenters. The van der Waals surface area contributed by atoms with Crippen LogP contribution in [0.5, 0.6) is 0 Å². The van der Waals surface area contributed by atoms with Gasteiger partial charge in [0.1, 0.15) is 5.01 Å². The Hall–Kier alpha value is -1.46. The Kier molecular flexibility index (Phi) is 3.98. The summed E-state index contributed by atoms with van der Waals surface area (Å²) in [7, 11) is 1.88. The van der Waals surface area contributed by atoms with E-state index in [9.17, 15) is 4.79 Å². The van der Waals surface area contributed by atoms with E-state index in [1.807, 2.05) is 30.1 Å². The molecule has 106 valence electrons. The molecule has 1 aromatic carbocycles. The van der Waals surface area contributed by atoms with Crippen molar-refractivity contribution >= 4 is 27.5 Å². The fraction of sp³-hybridized carbons (Fsp3) is 0.467. The number of aromatic nitrogens is 1. The average molecular weight is 289 g/mol. The van der Waals surface area contributed by atoms with Crippen LogP contribution in [-0.4, -0.2) is 35.9 Å². The van der Waals surface area contributed by atoms with Crippen molar-refractivity contribution < 1.29 is 4.79 Å². The van der Waals surface area contributed by atoms with Crippen molar-refractivity contribution in [2.75, 3.05) is 20.1 Å². The molecule has 1 amide bonds. The van der Waals surface area contributed by atoms with E-state index in [0.717, 1.165) is 36.5 Å². The molecule has 2 aromatic rings. The lowest BCUT2D eigenvalue weighted by molar-refractivity contribution is -0.135. The second-order valence-electron chi connectivity index (χ2n) is 5.31. The minimum absolute atomic E-state index is 0.128. The third-order valence-corrected chi connectivity index (χ3v) is 4.75. The number of hydrogen-bond acceptors (Lipinski definition) is 4. The fourth-order valence-electron chi connectivity index (χ4n) is 2.64. The molecule has 1 saturated heterocycles. The van der Waals surface area contributed by atoms with Gasteiger partial charge in [-0.2, -0.15) is 0 Å². The van der Waals surface area contributed by atoms with E-state index in [4.69, 9.17) is 0 Å². The summed E-state index contributed by atoms with van der Waals surface area (Å²) in [6.45, 7) is 2.45. The zero-order valence-corrected chi connectivity index (χ0v) is 12.4. The van der Waals surface area contributed by atoms with Crippen LogP contribution in [0.4, 0.5) is 0 Å². The normalized spacial score (nSPS) is 19.1. The summed E-state index contributed by atoms with van der Waals surface area (Å²) in [5.74, 6) is 0.361. The first-order chi connectivity index (χ1) is 9.74. The highest BCUT2D eigenvalue weighted by molar-refractivity contribution is 7.18. The number of thiazole rings is 1. The second kappa shape index (κ2) is 5.89. The first-order valence-electron chi connectivity index (χ1n) is 7.04. The molecule has 1 N–H and O–H groups in total. The topological polar surface area (TPSA) is 45.2 Å².